The smallest absolute Gasteiger partial charge is 0.410 e. The summed E-state index contributed by atoms with van der Waals surface area (Å²) < 4.78 is 18.4. The van der Waals surface area contributed by atoms with Crippen molar-refractivity contribution in [3.63, 3.8) is 0 Å². The number of para-hydroxylation sites is 1. The van der Waals surface area contributed by atoms with Gasteiger partial charge in [-0.1, -0.05) is 42.5 Å². The molecule has 0 saturated carbocycles. The van der Waals surface area contributed by atoms with E-state index < -0.39 is 11.7 Å². The van der Waals surface area contributed by atoms with Crippen LogP contribution in [0.1, 0.15) is 51.3 Å². The summed E-state index contributed by atoms with van der Waals surface area (Å²) in [6.07, 6.45) is 2.77. The van der Waals surface area contributed by atoms with Crippen molar-refractivity contribution in [2.75, 3.05) is 56.2 Å². The molecule has 0 N–H and O–H groups in total. The van der Waals surface area contributed by atoms with Gasteiger partial charge in [-0.25, -0.2) is 4.79 Å². The van der Waals surface area contributed by atoms with Gasteiger partial charge < -0.3 is 33.8 Å². The summed E-state index contributed by atoms with van der Waals surface area (Å²) in [5.74, 6) is 2.39. The van der Waals surface area contributed by atoms with Gasteiger partial charge in [0.05, 0.1) is 30.8 Å². The average Bonchev–Trinajstić information content (AvgIpc) is 3.53. The van der Waals surface area contributed by atoms with E-state index in [4.69, 9.17) is 24.2 Å². The van der Waals surface area contributed by atoms with Gasteiger partial charge in [0.1, 0.15) is 29.5 Å². The van der Waals surface area contributed by atoms with Gasteiger partial charge in [0.25, 0.3) is 0 Å². The first-order valence-electron chi connectivity index (χ1n) is 18.0. The van der Waals surface area contributed by atoms with Crippen molar-refractivity contribution in [3.8, 4) is 23.6 Å². The summed E-state index contributed by atoms with van der Waals surface area (Å²) in [4.78, 5) is 31.9. The number of hydrogen-bond acceptors (Lipinski definition) is 10. The van der Waals surface area contributed by atoms with E-state index in [1.807, 2.05) is 51.1 Å². The minimum atomic E-state index is -0.624. The normalized spacial score (nSPS) is 19.5. The maximum Gasteiger partial charge on any atom is 0.410 e. The van der Waals surface area contributed by atoms with E-state index in [-0.39, 0.29) is 12.5 Å². The van der Waals surface area contributed by atoms with Gasteiger partial charge in [-0.05, 0) is 77.2 Å². The summed E-state index contributed by atoms with van der Waals surface area (Å²) >= 11 is 0. The van der Waals surface area contributed by atoms with E-state index in [1.54, 1.807) is 4.90 Å². The fourth-order valence-electron chi connectivity index (χ4n) is 7.38. The number of rotatable bonds is 8. The second-order valence-electron chi connectivity index (χ2n) is 14.7. The third-order valence-electron chi connectivity index (χ3n) is 9.97. The van der Waals surface area contributed by atoms with Crippen molar-refractivity contribution >= 4 is 28.4 Å². The molecule has 2 fully saturated rings. The molecular formula is C40H47N7O4. The molecule has 0 radical (unpaired) electrons. The van der Waals surface area contributed by atoms with Gasteiger partial charge >= 0.3 is 12.1 Å². The lowest BCUT2D eigenvalue weighted by Gasteiger charge is -2.42. The highest BCUT2D eigenvalue weighted by atomic mass is 16.6. The van der Waals surface area contributed by atoms with E-state index in [2.05, 4.69) is 64.2 Å². The third kappa shape index (κ3) is 7.81. The lowest BCUT2D eigenvalue weighted by Crippen LogP contribution is -2.56. The number of likely N-dealkylation sites (N-methyl/N-ethyl adjacent to an activating group) is 1. The molecule has 0 aliphatic carbocycles. The molecule has 1 amide bonds. The van der Waals surface area contributed by atoms with E-state index >= 15 is 0 Å². The predicted molar refractivity (Wildman–Crippen MR) is 198 cm³/mol. The molecule has 1 aromatic heterocycles. The number of likely N-dealkylation sites (tertiary alicyclic amines) is 1. The second kappa shape index (κ2) is 14.6. The Morgan fingerprint density at radius 3 is 2.51 bits per heavy atom. The molecular weight excluding hydrogens is 642 g/mol. The maximum absolute atomic E-state index is 13.2. The zero-order chi connectivity index (χ0) is 35.5. The van der Waals surface area contributed by atoms with Crippen LogP contribution in [0.25, 0.3) is 10.8 Å². The Hall–Kier alpha value is -5.08. The minimum absolute atomic E-state index is 0.197. The van der Waals surface area contributed by atoms with Crippen LogP contribution in [0.5, 0.6) is 17.5 Å². The van der Waals surface area contributed by atoms with Crippen LogP contribution in [0.15, 0.2) is 66.7 Å². The van der Waals surface area contributed by atoms with E-state index in [0.717, 1.165) is 77.4 Å². The monoisotopic (exact) mass is 689 g/mol. The van der Waals surface area contributed by atoms with Crippen LogP contribution in [0, 0.1) is 11.3 Å². The fraction of sp³-hybridized carbons (Fsp3) is 0.450. The first-order valence-corrected chi connectivity index (χ1v) is 18.0. The molecule has 3 aliphatic rings. The lowest BCUT2D eigenvalue weighted by atomic mass is 10.0. The molecule has 7 rings (SSSR count). The molecule has 2 atom stereocenters. The molecule has 4 aromatic rings. The zero-order valence-corrected chi connectivity index (χ0v) is 30.0. The first kappa shape index (κ1) is 34.4. The number of ether oxygens (including phenoxy) is 3. The number of piperazine rings is 1. The van der Waals surface area contributed by atoms with Crippen LogP contribution in [0.3, 0.4) is 0 Å². The van der Waals surface area contributed by atoms with E-state index in [0.29, 0.717) is 44.8 Å². The SMILES string of the molecule is CN1CCC[C@@H]1COc1nc2c(c(N3CCN(C(=O)OC(C)(C)C)C(CC#N)C3)n1)CCN(c1cc(Oc3ccccc3)cc3ccccc13)C2. The molecule has 3 aliphatic heterocycles. The molecule has 11 nitrogen and oxygen atoms in total. The van der Waals surface area contributed by atoms with Crippen molar-refractivity contribution in [1.29, 1.82) is 5.26 Å². The number of fused-ring (bicyclic) bond motifs is 2. The second-order valence-corrected chi connectivity index (χ2v) is 14.7. The van der Waals surface area contributed by atoms with E-state index in [9.17, 15) is 10.1 Å². The summed E-state index contributed by atoms with van der Waals surface area (Å²) in [5, 5.41) is 12.0. The van der Waals surface area contributed by atoms with Gasteiger partial charge in [-0.2, -0.15) is 15.2 Å². The Balaban J connectivity index is 1.21. The Morgan fingerprint density at radius 1 is 0.941 bits per heavy atom. The summed E-state index contributed by atoms with van der Waals surface area (Å²) in [5.41, 5.74) is 2.46. The number of nitrogens with zero attached hydrogens (tertiary/aromatic N) is 7. The van der Waals surface area contributed by atoms with Gasteiger partial charge in [0.15, 0.2) is 0 Å². The van der Waals surface area contributed by atoms with Gasteiger partial charge in [-0.15, -0.1) is 0 Å². The molecule has 1 unspecified atom stereocenters. The molecule has 0 spiro atoms. The van der Waals surface area contributed by atoms with Gasteiger partial charge in [-0.3, -0.25) is 0 Å². The predicted octanol–water partition coefficient (Wildman–Crippen LogP) is 6.80. The maximum atomic E-state index is 13.2. The number of carbonyl (C=O) groups excluding carboxylic acids is 1. The Kier molecular flexibility index (Phi) is 9.87. The topological polar surface area (TPSA) is 107 Å². The van der Waals surface area contributed by atoms with Crippen molar-refractivity contribution in [2.45, 2.75) is 70.7 Å². The highest BCUT2D eigenvalue weighted by molar-refractivity contribution is 5.96. The molecule has 2 saturated heterocycles. The molecule has 3 aromatic carbocycles. The lowest BCUT2D eigenvalue weighted by molar-refractivity contribution is 0.0144. The van der Waals surface area contributed by atoms with Crippen LogP contribution >= 0.6 is 0 Å². The third-order valence-corrected chi connectivity index (χ3v) is 9.97. The summed E-state index contributed by atoms with van der Waals surface area (Å²) in [7, 11) is 2.14. The highest BCUT2D eigenvalue weighted by Gasteiger charge is 2.36. The Labute approximate surface area is 300 Å². The van der Waals surface area contributed by atoms with Crippen LogP contribution in [-0.4, -0.2) is 89.9 Å². The molecule has 51 heavy (non-hydrogen) atoms. The zero-order valence-electron chi connectivity index (χ0n) is 30.0. The molecule has 0 bridgehead atoms. The first-order chi connectivity index (χ1) is 24.6. The largest absolute Gasteiger partial charge is 0.462 e. The standard InChI is InChI=1S/C40H47N7O4/c1-40(2,3)51-39(48)47-22-21-46(25-29(47)16-18-41)37-34-17-20-45(26-35(34)42-38(43-37)49-27-30-12-10-19-44(30)4)36-24-32(50-31-13-6-5-7-14-31)23-28-11-8-9-15-33(28)36/h5-9,11,13-15,23-24,29-30H,10,12,16-17,19-22,25-27H2,1-4H3/t29?,30-/m1/s1. The quantitative estimate of drug-likeness (QED) is 0.196. The summed E-state index contributed by atoms with van der Waals surface area (Å²) in [6, 6.07) is 25.1. The number of aromatic nitrogens is 2. The highest BCUT2D eigenvalue weighted by Crippen LogP contribution is 2.38. The molecule has 11 heteroatoms. The number of anilines is 2. The number of carbonyl (C=O) groups is 1. The molecule has 266 valence electrons. The Morgan fingerprint density at radius 2 is 1.75 bits per heavy atom. The number of nitriles is 1. The van der Waals surface area contributed by atoms with Crippen LogP contribution in [-0.2, 0) is 17.7 Å². The molecule has 4 heterocycles. The average molecular weight is 690 g/mol. The fourth-order valence-corrected chi connectivity index (χ4v) is 7.38. The van der Waals surface area contributed by atoms with Crippen molar-refractivity contribution in [2.24, 2.45) is 0 Å². The van der Waals surface area contributed by atoms with Gasteiger partial charge in [0, 0.05) is 54.9 Å². The van der Waals surface area contributed by atoms with Crippen molar-refractivity contribution in [3.05, 3.63) is 78.0 Å². The van der Waals surface area contributed by atoms with Crippen LogP contribution in [0.2, 0.25) is 0 Å². The Bertz CT molecular complexity index is 1910. The number of benzene rings is 3. The van der Waals surface area contributed by atoms with Crippen molar-refractivity contribution in [1.82, 2.24) is 19.8 Å². The van der Waals surface area contributed by atoms with Crippen LogP contribution in [0.4, 0.5) is 16.3 Å². The number of hydrogen-bond donors (Lipinski definition) is 0. The summed E-state index contributed by atoms with van der Waals surface area (Å²) in [6.45, 7) is 9.93. The minimum Gasteiger partial charge on any atom is -0.462 e. The van der Waals surface area contributed by atoms with Gasteiger partial charge in [0.2, 0.25) is 0 Å². The number of amides is 1. The van der Waals surface area contributed by atoms with Crippen molar-refractivity contribution < 1.29 is 19.0 Å². The van der Waals surface area contributed by atoms with Crippen LogP contribution < -0.4 is 19.3 Å². The van der Waals surface area contributed by atoms with E-state index in [1.165, 1.54) is 0 Å².